The SMILES string of the molecule is Cc1nc([C@H]2CN(Cc3ccccc3OC(C)C)CCO2)no1. The van der Waals surface area contributed by atoms with Crippen molar-refractivity contribution in [1.82, 2.24) is 15.0 Å². The predicted molar refractivity (Wildman–Crippen MR) is 85.2 cm³/mol. The van der Waals surface area contributed by atoms with Crippen molar-refractivity contribution < 1.29 is 14.0 Å². The Balaban J connectivity index is 1.68. The summed E-state index contributed by atoms with van der Waals surface area (Å²) in [6, 6.07) is 8.19. The lowest BCUT2D eigenvalue weighted by molar-refractivity contribution is -0.0383. The van der Waals surface area contributed by atoms with Crippen molar-refractivity contribution in [2.24, 2.45) is 0 Å². The highest BCUT2D eigenvalue weighted by Gasteiger charge is 2.26. The first-order chi connectivity index (χ1) is 11.1. The molecule has 2 heterocycles. The Morgan fingerprint density at radius 3 is 2.91 bits per heavy atom. The van der Waals surface area contributed by atoms with E-state index in [1.54, 1.807) is 6.92 Å². The van der Waals surface area contributed by atoms with Crippen molar-refractivity contribution in [1.29, 1.82) is 0 Å². The van der Waals surface area contributed by atoms with Crippen LogP contribution in [0.15, 0.2) is 28.8 Å². The number of hydrogen-bond acceptors (Lipinski definition) is 6. The van der Waals surface area contributed by atoms with E-state index in [-0.39, 0.29) is 12.2 Å². The number of ether oxygens (including phenoxy) is 2. The van der Waals surface area contributed by atoms with Crippen molar-refractivity contribution in [2.75, 3.05) is 19.7 Å². The number of benzene rings is 1. The molecule has 1 aromatic carbocycles. The van der Waals surface area contributed by atoms with E-state index in [1.807, 2.05) is 32.0 Å². The Morgan fingerprint density at radius 2 is 2.17 bits per heavy atom. The predicted octanol–water partition coefficient (Wildman–Crippen LogP) is 2.74. The number of aryl methyl sites for hydroxylation is 1. The molecule has 1 atom stereocenters. The van der Waals surface area contributed by atoms with E-state index in [2.05, 4.69) is 21.1 Å². The van der Waals surface area contributed by atoms with Gasteiger partial charge in [0.25, 0.3) is 0 Å². The van der Waals surface area contributed by atoms with E-state index in [4.69, 9.17) is 14.0 Å². The van der Waals surface area contributed by atoms with Gasteiger partial charge >= 0.3 is 0 Å². The van der Waals surface area contributed by atoms with Crippen LogP contribution in [0.2, 0.25) is 0 Å². The fourth-order valence-corrected chi connectivity index (χ4v) is 2.69. The number of hydrogen-bond donors (Lipinski definition) is 0. The molecule has 2 aromatic rings. The second-order valence-corrected chi connectivity index (χ2v) is 6.04. The van der Waals surface area contributed by atoms with Gasteiger partial charge in [-0.25, -0.2) is 0 Å². The van der Waals surface area contributed by atoms with Gasteiger partial charge in [-0.2, -0.15) is 4.98 Å². The highest BCUT2D eigenvalue weighted by molar-refractivity contribution is 5.33. The van der Waals surface area contributed by atoms with Crippen LogP contribution in [0.5, 0.6) is 5.75 Å². The minimum absolute atomic E-state index is 0.139. The standard InChI is InChI=1S/C17H23N3O3/c1-12(2)22-15-7-5-4-6-14(15)10-20-8-9-21-16(11-20)17-18-13(3)23-19-17/h4-7,12,16H,8-11H2,1-3H3/t16-/m1/s1. The lowest BCUT2D eigenvalue weighted by Crippen LogP contribution is -2.38. The first kappa shape index (κ1) is 16.0. The molecule has 0 aliphatic carbocycles. The summed E-state index contributed by atoms with van der Waals surface area (Å²) in [6.07, 6.45) is 0.0234. The van der Waals surface area contributed by atoms with Gasteiger partial charge in [-0.15, -0.1) is 0 Å². The van der Waals surface area contributed by atoms with E-state index < -0.39 is 0 Å². The molecular weight excluding hydrogens is 294 g/mol. The molecule has 1 aliphatic heterocycles. The molecule has 0 spiro atoms. The smallest absolute Gasteiger partial charge is 0.223 e. The maximum Gasteiger partial charge on any atom is 0.223 e. The molecular formula is C17H23N3O3. The molecule has 0 amide bonds. The van der Waals surface area contributed by atoms with Gasteiger partial charge < -0.3 is 14.0 Å². The topological polar surface area (TPSA) is 60.6 Å². The Hall–Kier alpha value is -1.92. The molecule has 6 nitrogen and oxygen atoms in total. The fraction of sp³-hybridized carbons (Fsp3) is 0.529. The number of nitrogens with zero attached hydrogens (tertiary/aromatic N) is 3. The number of aromatic nitrogens is 2. The zero-order chi connectivity index (χ0) is 16.2. The van der Waals surface area contributed by atoms with Gasteiger partial charge in [0.1, 0.15) is 11.9 Å². The van der Waals surface area contributed by atoms with Crippen LogP contribution in [0, 0.1) is 6.92 Å². The average molecular weight is 317 g/mol. The highest BCUT2D eigenvalue weighted by Crippen LogP contribution is 2.25. The lowest BCUT2D eigenvalue weighted by Gasteiger charge is -2.31. The van der Waals surface area contributed by atoms with Gasteiger partial charge in [-0.3, -0.25) is 4.90 Å². The summed E-state index contributed by atoms with van der Waals surface area (Å²) in [5, 5.41) is 3.98. The van der Waals surface area contributed by atoms with Crippen molar-refractivity contribution in [3.05, 3.63) is 41.5 Å². The summed E-state index contributed by atoms with van der Waals surface area (Å²) in [6.45, 7) is 8.97. The van der Waals surface area contributed by atoms with Gasteiger partial charge in [0.2, 0.25) is 11.7 Å². The fourth-order valence-electron chi connectivity index (χ4n) is 2.69. The summed E-state index contributed by atoms with van der Waals surface area (Å²) in [5.41, 5.74) is 1.19. The largest absolute Gasteiger partial charge is 0.491 e. The van der Waals surface area contributed by atoms with Crippen LogP contribution in [-0.2, 0) is 11.3 Å². The summed E-state index contributed by atoms with van der Waals surface area (Å²) >= 11 is 0. The second kappa shape index (κ2) is 7.10. The highest BCUT2D eigenvalue weighted by atomic mass is 16.5. The zero-order valence-corrected chi connectivity index (χ0v) is 13.9. The lowest BCUT2D eigenvalue weighted by atomic mass is 10.1. The first-order valence-electron chi connectivity index (χ1n) is 8.00. The first-order valence-corrected chi connectivity index (χ1v) is 8.00. The molecule has 124 valence electrons. The third-order valence-corrected chi connectivity index (χ3v) is 3.71. The maximum atomic E-state index is 5.90. The molecule has 0 N–H and O–H groups in total. The molecule has 1 fully saturated rings. The van der Waals surface area contributed by atoms with Gasteiger partial charge in [0.15, 0.2) is 0 Å². The van der Waals surface area contributed by atoms with Gasteiger partial charge in [0.05, 0.1) is 12.7 Å². The molecule has 0 unspecified atom stereocenters. The summed E-state index contributed by atoms with van der Waals surface area (Å²) in [4.78, 5) is 6.61. The van der Waals surface area contributed by atoms with Gasteiger partial charge in [-0.1, -0.05) is 23.4 Å². The van der Waals surface area contributed by atoms with E-state index in [0.717, 1.165) is 25.4 Å². The molecule has 1 saturated heterocycles. The van der Waals surface area contributed by atoms with Crippen molar-refractivity contribution in [3.8, 4) is 5.75 Å². The Kier molecular flexibility index (Phi) is 4.93. The molecule has 6 heteroatoms. The van der Waals surface area contributed by atoms with E-state index in [0.29, 0.717) is 18.3 Å². The summed E-state index contributed by atoms with van der Waals surface area (Å²) in [5.74, 6) is 2.14. The third-order valence-electron chi connectivity index (χ3n) is 3.71. The van der Waals surface area contributed by atoms with Crippen LogP contribution >= 0.6 is 0 Å². The Bertz CT molecular complexity index is 642. The Morgan fingerprint density at radius 1 is 1.35 bits per heavy atom. The van der Waals surface area contributed by atoms with Crippen LogP contribution in [0.3, 0.4) is 0 Å². The summed E-state index contributed by atoms with van der Waals surface area (Å²) in [7, 11) is 0. The monoisotopic (exact) mass is 317 g/mol. The van der Waals surface area contributed by atoms with Gasteiger partial charge in [0, 0.05) is 32.1 Å². The number of rotatable bonds is 5. The molecule has 3 rings (SSSR count). The Labute approximate surface area is 136 Å². The molecule has 1 aromatic heterocycles. The van der Waals surface area contributed by atoms with Crippen LogP contribution in [0.25, 0.3) is 0 Å². The van der Waals surface area contributed by atoms with Crippen LogP contribution < -0.4 is 4.74 Å². The zero-order valence-electron chi connectivity index (χ0n) is 13.9. The van der Waals surface area contributed by atoms with Crippen LogP contribution in [-0.4, -0.2) is 40.8 Å². The normalized spacial score (nSPS) is 19.2. The minimum atomic E-state index is -0.139. The second-order valence-electron chi connectivity index (χ2n) is 6.04. The van der Waals surface area contributed by atoms with E-state index in [9.17, 15) is 0 Å². The number of para-hydroxylation sites is 1. The summed E-state index contributed by atoms with van der Waals surface area (Å²) < 4.78 is 16.7. The number of morpholine rings is 1. The third kappa shape index (κ3) is 4.09. The minimum Gasteiger partial charge on any atom is -0.491 e. The molecule has 1 aliphatic rings. The van der Waals surface area contributed by atoms with Crippen LogP contribution in [0.1, 0.15) is 37.2 Å². The van der Waals surface area contributed by atoms with Gasteiger partial charge in [-0.05, 0) is 19.9 Å². The quantitative estimate of drug-likeness (QED) is 0.845. The molecule has 0 bridgehead atoms. The molecule has 23 heavy (non-hydrogen) atoms. The van der Waals surface area contributed by atoms with Crippen molar-refractivity contribution in [3.63, 3.8) is 0 Å². The van der Waals surface area contributed by atoms with E-state index in [1.165, 1.54) is 5.56 Å². The average Bonchev–Trinajstić information content (AvgIpc) is 2.96. The van der Waals surface area contributed by atoms with E-state index >= 15 is 0 Å². The van der Waals surface area contributed by atoms with Crippen molar-refractivity contribution >= 4 is 0 Å². The molecule has 0 saturated carbocycles. The van der Waals surface area contributed by atoms with Crippen LogP contribution in [0.4, 0.5) is 0 Å². The molecule has 0 radical (unpaired) electrons. The van der Waals surface area contributed by atoms with Crippen molar-refractivity contribution in [2.45, 2.75) is 39.5 Å². The maximum absolute atomic E-state index is 5.90.